The highest BCUT2D eigenvalue weighted by molar-refractivity contribution is 6.33. The summed E-state index contributed by atoms with van der Waals surface area (Å²) in [4.78, 5) is 37.8. The minimum Gasteiger partial charge on any atom is -0.367 e. The number of carbonyl (C=O) groups is 2. The number of anilines is 2. The molecule has 1 fully saturated rings. The van der Waals surface area contributed by atoms with Crippen LogP contribution in [-0.2, 0) is 4.79 Å². The number of halogens is 1. The average Bonchev–Trinajstić information content (AvgIpc) is 2.68. The molecule has 0 unspecified atom stereocenters. The lowest BCUT2D eigenvalue weighted by atomic mass is 10.2. The van der Waals surface area contributed by atoms with Crippen LogP contribution < -0.4 is 10.2 Å². The summed E-state index contributed by atoms with van der Waals surface area (Å²) < 4.78 is 0. The molecular formula is C19H19ClN4O4. The molecule has 2 aromatic rings. The summed E-state index contributed by atoms with van der Waals surface area (Å²) in [6.45, 7) is 4.22. The zero-order chi connectivity index (χ0) is 20.3. The van der Waals surface area contributed by atoms with E-state index in [0.717, 1.165) is 5.69 Å². The number of rotatable bonds is 4. The van der Waals surface area contributed by atoms with Gasteiger partial charge in [0.1, 0.15) is 0 Å². The predicted molar refractivity (Wildman–Crippen MR) is 107 cm³/mol. The first-order valence-electron chi connectivity index (χ1n) is 8.71. The second-order valence-electron chi connectivity index (χ2n) is 6.42. The summed E-state index contributed by atoms with van der Waals surface area (Å²) in [6.07, 6.45) is 0. The zero-order valence-corrected chi connectivity index (χ0v) is 16.0. The van der Waals surface area contributed by atoms with Gasteiger partial charge in [-0.15, -0.1) is 0 Å². The van der Waals surface area contributed by atoms with Gasteiger partial charge in [0.25, 0.3) is 11.6 Å². The monoisotopic (exact) mass is 402 g/mol. The number of piperazine rings is 1. The Bertz CT molecular complexity index is 909. The highest BCUT2D eigenvalue weighted by Gasteiger charge is 2.20. The number of carbonyl (C=O) groups excluding carboxylic acids is 2. The van der Waals surface area contributed by atoms with Crippen LogP contribution in [0.4, 0.5) is 17.1 Å². The number of nitro benzene ring substituents is 1. The van der Waals surface area contributed by atoms with E-state index < -0.39 is 4.92 Å². The van der Waals surface area contributed by atoms with E-state index in [1.54, 1.807) is 24.0 Å². The fraction of sp³-hybridized carbons (Fsp3) is 0.263. The molecule has 9 heteroatoms. The van der Waals surface area contributed by atoms with E-state index in [9.17, 15) is 19.7 Å². The molecule has 0 radical (unpaired) electrons. The number of nitrogens with zero attached hydrogens (tertiary/aromatic N) is 3. The van der Waals surface area contributed by atoms with Gasteiger partial charge in [-0.25, -0.2) is 0 Å². The smallest absolute Gasteiger partial charge is 0.269 e. The highest BCUT2D eigenvalue weighted by Crippen LogP contribution is 2.30. The van der Waals surface area contributed by atoms with E-state index in [1.165, 1.54) is 24.3 Å². The van der Waals surface area contributed by atoms with Crippen molar-refractivity contribution >= 4 is 40.5 Å². The summed E-state index contributed by atoms with van der Waals surface area (Å²) in [7, 11) is 0. The Morgan fingerprint density at radius 2 is 1.71 bits per heavy atom. The van der Waals surface area contributed by atoms with Crippen LogP contribution in [-0.4, -0.2) is 47.8 Å². The summed E-state index contributed by atoms with van der Waals surface area (Å²) in [6, 6.07) is 10.6. The normalized spacial score (nSPS) is 13.9. The molecule has 0 saturated carbocycles. The van der Waals surface area contributed by atoms with Crippen molar-refractivity contribution in [2.45, 2.75) is 6.92 Å². The van der Waals surface area contributed by atoms with Crippen molar-refractivity contribution in [3.63, 3.8) is 0 Å². The third kappa shape index (κ3) is 4.40. The molecule has 0 aromatic heterocycles. The number of hydrogen-bond acceptors (Lipinski definition) is 5. The van der Waals surface area contributed by atoms with Crippen molar-refractivity contribution < 1.29 is 14.5 Å². The van der Waals surface area contributed by atoms with Gasteiger partial charge in [-0.2, -0.15) is 0 Å². The van der Waals surface area contributed by atoms with Gasteiger partial charge < -0.3 is 15.1 Å². The van der Waals surface area contributed by atoms with Crippen LogP contribution in [0.25, 0.3) is 0 Å². The number of non-ortho nitro benzene ring substituents is 1. The van der Waals surface area contributed by atoms with Crippen LogP contribution in [0.2, 0.25) is 5.02 Å². The lowest BCUT2D eigenvalue weighted by molar-refractivity contribution is -0.384. The Morgan fingerprint density at radius 1 is 1.07 bits per heavy atom. The van der Waals surface area contributed by atoms with Crippen molar-refractivity contribution in [3.8, 4) is 0 Å². The summed E-state index contributed by atoms with van der Waals surface area (Å²) in [5.41, 5.74) is 1.61. The fourth-order valence-electron chi connectivity index (χ4n) is 3.04. The van der Waals surface area contributed by atoms with Gasteiger partial charge in [-0.05, 0) is 30.3 Å². The molecule has 1 N–H and O–H groups in total. The van der Waals surface area contributed by atoms with E-state index in [4.69, 9.17) is 11.6 Å². The molecule has 0 bridgehead atoms. The molecule has 28 heavy (non-hydrogen) atoms. The molecule has 0 spiro atoms. The first-order valence-corrected chi connectivity index (χ1v) is 9.09. The number of hydrogen-bond donors (Lipinski definition) is 1. The van der Waals surface area contributed by atoms with Crippen LogP contribution in [0.5, 0.6) is 0 Å². The van der Waals surface area contributed by atoms with Crippen molar-refractivity contribution in [1.82, 2.24) is 4.90 Å². The molecule has 146 valence electrons. The molecule has 0 aliphatic carbocycles. The molecule has 1 heterocycles. The van der Waals surface area contributed by atoms with Gasteiger partial charge in [0.15, 0.2) is 0 Å². The molecule has 1 aliphatic heterocycles. The van der Waals surface area contributed by atoms with Crippen molar-refractivity contribution in [1.29, 1.82) is 0 Å². The second-order valence-corrected chi connectivity index (χ2v) is 6.82. The first-order chi connectivity index (χ1) is 13.3. The molecule has 1 saturated heterocycles. The molecule has 2 amide bonds. The lowest BCUT2D eigenvalue weighted by Crippen LogP contribution is -2.48. The molecule has 2 aromatic carbocycles. The second kappa shape index (κ2) is 8.26. The van der Waals surface area contributed by atoms with Crippen LogP contribution in [0.3, 0.4) is 0 Å². The largest absolute Gasteiger partial charge is 0.367 e. The minimum atomic E-state index is -0.517. The predicted octanol–water partition coefficient (Wildman–Crippen LogP) is 3.17. The average molecular weight is 403 g/mol. The van der Waals surface area contributed by atoms with Gasteiger partial charge in [0.2, 0.25) is 5.91 Å². The van der Waals surface area contributed by atoms with Crippen molar-refractivity contribution in [2.24, 2.45) is 0 Å². The standard InChI is InChI=1S/C19H19ClN4O4/c1-13(25)22-8-10-23(11-9-22)18-7-4-15(12-17(18)20)21-19(26)14-2-5-16(6-3-14)24(27)28/h2-7,12H,8-11H2,1H3,(H,21,26). The molecule has 0 atom stereocenters. The van der Waals surface area contributed by atoms with Gasteiger partial charge in [-0.1, -0.05) is 11.6 Å². The topological polar surface area (TPSA) is 95.8 Å². The quantitative estimate of drug-likeness (QED) is 0.626. The lowest BCUT2D eigenvalue weighted by Gasteiger charge is -2.36. The Balaban J connectivity index is 1.66. The number of nitrogens with one attached hydrogen (secondary N) is 1. The maximum atomic E-state index is 12.3. The van der Waals surface area contributed by atoms with E-state index in [1.807, 2.05) is 6.07 Å². The number of benzene rings is 2. The van der Waals surface area contributed by atoms with Gasteiger partial charge >= 0.3 is 0 Å². The fourth-order valence-corrected chi connectivity index (χ4v) is 3.34. The Kier molecular flexibility index (Phi) is 5.79. The third-order valence-corrected chi connectivity index (χ3v) is 4.91. The molecular weight excluding hydrogens is 384 g/mol. The maximum absolute atomic E-state index is 12.3. The van der Waals surface area contributed by atoms with Gasteiger partial charge in [0, 0.05) is 56.5 Å². The molecule has 3 rings (SSSR count). The van der Waals surface area contributed by atoms with Gasteiger partial charge in [0.05, 0.1) is 15.6 Å². The maximum Gasteiger partial charge on any atom is 0.269 e. The Labute approximate surface area is 166 Å². The molecule has 8 nitrogen and oxygen atoms in total. The van der Waals surface area contributed by atoms with Gasteiger partial charge in [-0.3, -0.25) is 19.7 Å². The van der Waals surface area contributed by atoms with Crippen molar-refractivity contribution in [2.75, 3.05) is 36.4 Å². The van der Waals surface area contributed by atoms with E-state index >= 15 is 0 Å². The zero-order valence-electron chi connectivity index (χ0n) is 15.2. The summed E-state index contributed by atoms with van der Waals surface area (Å²) in [5, 5.41) is 13.9. The van der Waals surface area contributed by atoms with Crippen LogP contribution in [0.1, 0.15) is 17.3 Å². The van der Waals surface area contributed by atoms with E-state index in [2.05, 4.69) is 10.2 Å². The van der Waals surface area contributed by atoms with E-state index in [-0.39, 0.29) is 17.5 Å². The first kappa shape index (κ1) is 19.6. The highest BCUT2D eigenvalue weighted by atomic mass is 35.5. The van der Waals surface area contributed by atoms with E-state index in [0.29, 0.717) is 42.5 Å². The molecule has 1 aliphatic rings. The third-order valence-electron chi connectivity index (χ3n) is 4.61. The SMILES string of the molecule is CC(=O)N1CCN(c2ccc(NC(=O)c3ccc([N+](=O)[O-])cc3)cc2Cl)CC1. The Morgan fingerprint density at radius 3 is 2.25 bits per heavy atom. The number of amides is 2. The Hall–Kier alpha value is -3.13. The van der Waals surface area contributed by atoms with Crippen LogP contribution in [0.15, 0.2) is 42.5 Å². The summed E-state index contributed by atoms with van der Waals surface area (Å²) >= 11 is 6.40. The number of nitro groups is 1. The van der Waals surface area contributed by atoms with Crippen LogP contribution in [0, 0.1) is 10.1 Å². The minimum absolute atomic E-state index is 0.0649. The van der Waals surface area contributed by atoms with Crippen molar-refractivity contribution in [3.05, 3.63) is 63.2 Å². The van der Waals surface area contributed by atoms with Crippen LogP contribution >= 0.6 is 11.6 Å². The summed E-state index contributed by atoms with van der Waals surface area (Å²) in [5.74, 6) is -0.316.